The summed E-state index contributed by atoms with van der Waals surface area (Å²) < 4.78 is 19.6. The van der Waals surface area contributed by atoms with Crippen molar-refractivity contribution in [3.05, 3.63) is 53.5 Å². The molecule has 1 fully saturated rings. The second-order valence-electron chi connectivity index (χ2n) is 6.85. The molecule has 0 radical (unpaired) electrons. The number of oxazole rings is 1. The Morgan fingerprint density at radius 1 is 1.40 bits per heavy atom. The van der Waals surface area contributed by atoms with Crippen LogP contribution in [0.1, 0.15) is 36.0 Å². The lowest BCUT2D eigenvalue weighted by atomic mass is 9.98. The molecule has 134 valence electrons. The van der Waals surface area contributed by atoms with Gasteiger partial charge >= 0.3 is 0 Å². The quantitative estimate of drug-likeness (QED) is 0.836. The van der Waals surface area contributed by atoms with E-state index in [0.717, 1.165) is 19.4 Å². The molecule has 1 aliphatic rings. The van der Waals surface area contributed by atoms with E-state index < -0.39 is 0 Å². The number of hydrogen-bond donors (Lipinski definition) is 0. The maximum Gasteiger partial charge on any atom is 0.236 e. The summed E-state index contributed by atoms with van der Waals surface area (Å²) in [4.78, 5) is 20.4. The molecule has 6 heteroatoms. The van der Waals surface area contributed by atoms with Crippen molar-refractivity contribution < 1.29 is 13.6 Å². The second-order valence-corrected chi connectivity index (χ2v) is 6.85. The third-order valence-electron chi connectivity index (χ3n) is 4.47. The predicted octanol–water partition coefficient (Wildman–Crippen LogP) is 2.67. The van der Waals surface area contributed by atoms with E-state index in [1.165, 1.54) is 6.07 Å². The Bertz CT molecular complexity index is 729. The van der Waals surface area contributed by atoms with Crippen LogP contribution in [0, 0.1) is 5.82 Å². The van der Waals surface area contributed by atoms with E-state index in [4.69, 9.17) is 4.42 Å². The van der Waals surface area contributed by atoms with Crippen LogP contribution in [0.25, 0.3) is 0 Å². The normalized spacial score (nSPS) is 17.9. The molecule has 1 amide bonds. The molecule has 1 atom stereocenters. The Morgan fingerprint density at radius 2 is 2.20 bits per heavy atom. The number of amides is 1. The summed E-state index contributed by atoms with van der Waals surface area (Å²) in [6.07, 6.45) is 3.94. The zero-order chi connectivity index (χ0) is 17.8. The number of rotatable bonds is 5. The molecular weight excluding hydrogens is 321 g/mol. The van der Waals surface area contributed by atoms with Crippen LogP contribution < -0.4 is 0 Å². The molecule has 0 bridgehead atoms. The highest BCUT2D eigenvalue weighted by Crippen LogP contribution is 2.27. The third kappa shape index (κ3) is 4.45. The average molecular weight is 345 g/mol. The van der Waals surface area contributed by atoms with Crippen molar-refractivity contribution in [1.29, 1.82) is 0 Å². The fourth-order valence-corrected chi connectivity index (χ4v) is 3.20. The SMILES string of the molecule is CN(C)CC(=O)N1CCCC(c2ncc(Cc3ccccc3F)o2)C1. The molecule has 2 heterocycles. The summed E-state index contributed by atoms with van der Waals surface area (Å²) in [5.41, 5.74) is 0.594. The lowest BCUT2D eigenvalue weighted by molar-refractivity contribution is -0.133. The van der Waals surface area contributed by atoms with E-state index in [-0.39, 0.29) is 17.6 Å². The van der Waals surface area contributed by atoms with Gasteiger partial charge in [-0.05, 0) is 38.6 Å². The van der Waals surface area contributed by atoms with Crippen LogP contribution in [0.3, 0.4) is 0 Å². The van der Waals surface area contributed by atoms with Crippen molar-refractivity contribution in [2.24, 2.45) is 0 Å². The first kappa shape index (κ1) is 17.6. The van der Waals surface area contributed by atoms with E-state index in [2.05, 4.69) is 4.98 Å². The third-order valence-corrected chi connectivity index (χ3v) is 4.47. The van der Waals surface area contributed by atoms with Crippen molar-refractivity contribution in [3.8, 4) is 0 Å². The smallest absolute Gasteiger partial charge is 0.236 e. The predicted molar refractivity (Wildman–Crippen MR) is 92.8 cm³/mol. The Balaban J connectivity index is 1.65. The van der Waals surface area contributed by atoms with Gasteiger partial charge in [0.1, 0.15) is 11.6 Å². The molecule has 5 nitrogen and oxygen atoms in total. The minimum Gasteiger partial charge on any atom is -0.445 e. The number of benzene rings is 1. The number of likely N-dealkylation sites (N-methyl/N-ethyl adjacent to an activating group) is 1. The lowest BCUT2D eigenvalue weighted by Gasteiger charge is -2.32. The Hall–Kier alpha value is -2.21. The highest BCUT2D eigenvalue weighted by Gasteiger charge is 2.28. The molecule has 1 aliphatic heterocycles. The molecule has 0 spiro atoms. The van der Waals surface area contributed by atoms with E-state index in [0.29, 0.717) is 36.7 Å². The number of likely N-dealkylation sites (tertiary alicyclic amines) is 1. The first-order chi connectivity index (χ1) is 12.0. The molecule has 2 aromatic rings. The van der Waals surface area contributed by atoms with E-state index in [1.807, 2.05) is 30.0 Å². The van der Waals surface area contributed by atoms with Crippen LogP contribution in [0.2, 0.25) is 0 Å². The van der Waals surface area contributed by atoms with Crippen molar-refractivity contribution in [2.75, 3.05) is 33.7 Å². The van der Waals surface area contributed by atoms with E-state index in [9.17, 15) is 9.18 Å². The van der Waals surface area contributed by atoms with Gasteiger partial charge in [0.05, 0.1) is 18.7 Å². The number of halogens is 1. The Morgan fingerprint density at radius 3 is 2.96 bits per heavy atom. The summed E-state index contributed by atoms with van der Waals surface area (Å²) in [6, 6.07) is 6.68. The maximum atomic E-state index is 13.8. The largest absolute Gasteiger partial charge is 0.445 e. The van der Waals surface area contributed by atoms with Crippen LogP contribution in [-0.4, -0.2) is 54.4 Å². The van der Waals surface area contributed by atoms with Gasteiger partial charge in [-0.2, -0.15) is 0 Å². The van der Waals surface area contributed by atoms with Crippen LogP contribution in [-0.2, 0) is 11.2 Å². The highest BCUT2D eigenvalue weighted by atomic mass is 19.1. The molecule has 25 heavy (non-hydrogen) atoms. The minimum absolute atomic E-state index is 0.106. The molecule has 1 unspecified atom stereocenters. The highest BCUT2D eigenvalue weighted by molar-refractivity contribution is 5.78. The number of carbonyl (C=O) groups excluding carboxylic acids is 1. The summed E-state index contributed by atoms with van der Waals surface area (Å²) in [5, 5.41) is 0. The fourth-order valence-electron chi connectivity index (χ4n) is 3.20. The number of hydrogen-bond acceptors (Lipinski definition) is 4. The van der Waals surface area contributed by atoms with Crippen molar-refractivity contribution in [2.45, 2.75) is 25.2 Å². The molecule has 0 aliphatic carbocycles. The molecule has 1 aromatic carbocycles. The molecular formula is C19H24FN3O2. The van der Waals surface area contributed by atoms with Gasteiger partial charge in [0.25, 0.3) is 0 Å². The van der Waals surface area contributed by atoms with E-state index >= 15 is 0 Å². The van der Waals surface area contributed by atoms with Gasteiger partial charge in [0, 0.05) is 19.5 Å². The van der Waals surface area contributed by atoms with Gasteiger partial charge in [-0.3, -0.25) is 4.79 Å². The second kappa shape index (κ2) is 7.78. The number of piperidine rings is 1. The fraction of sp³-hybridized carbons (Fsp3) is 0.474. The summed E-state index contributed by atoms with van der Waals surface area (Å²) in [7, 11) is 3.78. The summed E-state index contributed by atoms with van der Waals surface area (Å²) >= 11 is 0. The summed E-state index contributed by atoms with van der Waals surface area (Å²) in [6.45, 7) is 1.83. The summed E-state index contributed by atoms with van der Waals surface area (Å²) in [5.74, 6) is 1.30. The van der Waals surface area contributed by atoms with Crippen LogP contribution in [0.15, 0.2) is 34.9 Å². The first-order valence-electron chi connectivity index (χ1n) is 8.63. The molecule has 3 rings (SSSR count). The molecule has 0 N–H and O–H groups in total. The van der Waals surface area contributed by atoms with Crippen LogP contribution in [0.5, 0.6) is 0 Å². The Labute approximate surface area is 147 Å². The monoisotopic (exact) mass is 345 g/mol. The van der Waals surface area contributed by atoms with E-state index in [1.54, 1.807) is 18.3 Å². The molecule has 0 saturated carbocycles. The van der Waals surface area contributed by atoms with Crippen molar-refractivity contribution in [3.63, 3.8) is 0 Å². The first-order valence-corrected chi connectivity index (χ1v) is 8.63. The van der Waals surface area contributed by atoms with Gasteiger partial charge in [-0.15, -0.1) is 0 Å². The lowest BCUT2D eigenvalue weighted by Crippen LogP contribution is -2.43. The van der Waals surface area contributed by atoms with Gasteiger partial charge in [-0.25, -0.2) is 9.37 Å². The molecule has 1 saturated heterocycles. The van der Waals surface area contributed by atoms with Crippen LogP contribution >= 0.6 is 0 Å². The van der Waals surface area contributed by atoms with Gasteiger partial charge < -0.3 is 14.2 Å². The average Bonchev–Trinajstić information content (AvgIpc) is 3.05. The number of carbonyl (C=O) groups is 1. The maximum absolute atomic E-state index is 13.8. The van der Waals surface area contributed by atoms with Gasteiger partial charge in [0.15, 0.2) is 5.89 Å². The van der Waals surface area contributed by atoms with Crippen molar-refractivity contribution >= 4 is 5.91 Å². The van der Waals surface area contributed by atoms with Crippen molar-refractivity contribution in [1.82, 2.24) is 14.8 Å². The number of aromatic nitrogens is 1. The zero-order valence-electron chi connectivity index (χ0n) is 14.7. The minimum atomic E-state index is -0.237. The standard InChI is InChI=1S/C19H24FN3O2/c1-22(2)13-18(24)23-9-5-7-15(12-23)19-21-11-16(25-19)10-14-6-3-4-8-17(14)20/h3-4,6,8,11,15H,5,7,9-10,12-13H2,1-2H3. The topological polar surface area (TPSA) is 49.6 Å². The van der Waals surface area contributed by atoms with Gasteiger partial charge in [0.2, 0.25) is 5.91 Å². The number of nitrogens with zero attached hydrogens (tertiary/aromatic N) is 3. The zero-order valence-corrected chi connectivity index (χ0v) is 14.7. The van der Waals surface area contributed by atoms with Crippen LogP contribution in [0.4, 0.5) is 4.39 Å². The molecule has 1 aromatic heterocycles. The Kier molecular flexibility index (Phi) is 5.48. The van der Waals surface area contributed by atoms with Gasteiger partial charge in [-0.1, -0.05) is 18.2 Å².